The monoisotopic (exact) mass is 1080 g/mol. The first-order valence-electron chi connectivity index (χ1n) is 29.8. The largest absolute Gasteiger partial charge is 0.461 e. The van der Waals surface area contributed by atoms with Gasteiger partial charge in [0.25, 0.3) is 5.24 Å². The molecule has 0 saturated heterocycles. The van der Waals surface area contributed by atoms with Gasteiger partial charge in [-0.15, -0.1) is 0 Å². The van der Waals surface area contributed by atoms with Crippen molar-refractivity contribution in [3.05, 3.63) is 0 Å². The van der Waals surface area contributed by atoms with E-state index in [1.165, 1.54) is 88.8 Å². The van der Waals surface area contributed by atoms with Crippen LogP contribution in [-0.2, 0) is 57.2 Å². The molecule has 0 radical (unpaired) electrons. The predicted molar refractivity (Wildman–Crippen MR) is 291 cm³/mol. The second kappa shape index (κ2) is 37.4. The molecule has 0 spiro atoms. The number of esters is 6. The van der Waals surface area contributed by atoms with Gasteiger partial charge in [-0.3, -0.25) is 33.6 Å². The van der Waals surface area contributed by atoms with Crippen LogP contribution in [0.5, 0.6) is 0 Å². The van der Waals surface area contributed by atoms with E-state index in [-0.39, 0.29) is 118 Å². The van der Waals surface area contributed by atoms with Gasteiger partial charge in [-0.1, -0.05) is 168 Å². The fourth-order valence-electron chi connectivity index (χ4n) is 11.7. The molecule has 4 saturated carbocycles. The smallest absolute Gasteiger partial charge is 0.308 e. The fraction of sp³-hybridized carbons (Fsp3) is 0.881. The zero-order valence-corrected chi connectivity index (χ0v) is 47.9. The van der Waals surface area contributed by atoms with Crippen LogP contribution in [0.1, 0.15) is 214 Å². The third kappa shape index (κ3) is 27.2. The van der Waals surface area contributed by atoms with E-state index in [1.807, 2.05) is 34.7 Å². The molecule has 0 aromatic carbocycles. The standard InChI is InChI=1S/C59H100N2O13S/c1-43(35-47-21-10-6-11-22-47)55(64)69-39-51(40-70-56(65)44(2)36-48-23-12-7-13-24-48)73-53(62)29-18-32-61(59(68)75-34-20-31-60-5)33-19-30-54(63)74-52(41-71-57(66)45(3)37-49-25-14-8-15-26-49)42-72-58(67)46(4)38-50-27-16-9-17-28-50/h43-52,60H,6-42H2,1-5H3. The Morgan fingerprint density at radius 3 is 1.03 bits per heavy atom. The Morgan fingerprint density at radius 2 is 0.747 bits per heavy atom. The summed E-state index contributed by atoms with van der Waals surface area (Å²) in [5.74, 6) is -1.33. The van der Waals surface area contributed by atoms with Gasteiger partial charge >= 0.3 is 35.8 Å². The van der Waals surface area contributed by atoms with Crippen LogP contribution in [0.2, 0.25) is 0 Å². The lowest BCUT2D eigenvalue weighted by Crippen LogP contribution is -2.34. The summed E-state index contributed by atoms with van der Waals surface area (Å²) in [6.07, 6.45) is 25.3. The van der Waals surface area contributed by atoms with Gasteiger partial charge in [0.1, 0.15) is 26.4 Å². The minimum atomic E-state index is -0.994. The molecule has 4 aliphatic rings. The average Bonchev–Trinajstić information content (AvgIpc) is 3.41. The SMILES string of the molecule is CNCCCSC(=O)N(CCCC(=O)OC(COC(=O)C(C)CC1CCCCC1)COC(=O)C(C)CC1CCCCC1)CCCC(=O)OC(COC(=O)C(C)CC1CCCCC1)COC(=O)C(C)CC1CCCCC1. The van der Waals surface area contributed by atoms with E-state index in [0.29, 0.717) is 29.4 Å². The molecule has 430 valence electrons. The molecule has 4 fully saturated rings. The molecule has 16 heteroatoms. The van der Waals surface area contributed by atoms with E-state index in [2.05, 4.69) is 5.32 Å². The molecule has 75 heavy (non-hydrogen) atoms. The van der Waals surface area contributed by atoms with Crippen molar-refractivity contribution in [2.24, 2.45) is 47.3 Å². The van der Waals surface area contributed by atoms with Gasteiger partial charge in [0.05, 0.1) is 23.7 Å². The molecule has 0 aromatic heterocycles. The Bertz CT molecular complexity index is 1480. The van der Waals surface area contributed by atoms with Crippen LogP contribution in [-0.4, -0.2) is 117 Å². The molecule has 4 rings (SSSR count). The van der Waals surface area contributed by atoms with Crippen LogP contribution >= 0.6 is 11.8 Å². The van der Waals surface area contributed by atoms with Crippen LogP contribution in [0.15, 0.2) is 0 Å². The second-order valence-corrected chi connectivity index (χ2v) is 24.1. The molecular formula is C59H100N2O13S. The molecule has 4 aliphatic carbocycles. The summed E-state index contributed by atoms with van der Waals surface area (Å²) in [6, 6.07) is 0. The predicted octanol–water partition coefficient (Wildman–Crippen LogP) is 11.7. The molecule has 0 aromatic rings. The van der Waals surface area contributed by atoms with Crippen molar-refractivity contribution in [2.75, 3.05) is 58.9 Å². The van der Waals surface area contributed by atoms with E-state index in [4.69, 9.17) is 28.4 Å². The summed E-state index contributed by atoms with van der Waals surface area (Å²) in [5.41, 5.74) is 0. The van der Waals surface area contributed by atoms with Crippen LogP contribution in [0.3, 0.4) is 0 Å². The number of thioether (sulfide) groups is 1. The van der Waals surface area contributed by atoms with E-state index >= 15 is 0 Å². The lowest BCUT2D eigenvalue weighted by molar-refractivity contribution is -0.169. The molecule has 4 atom stereocenters. The zero-order chi connectivity index (χ0) is 54.2. The minimum Gasteiger partial charge on any atom is -0.461 e. The van der Waals surface area contributed by atoms with E-state index in [1.54, 1.807) is 4.90 Å². The molecule has 1 amide bonds. The first-order valence-corrected chi connectivity index (χ1v) is 30.8. The Balaban J connectivity index is 1.32. The maximum Gasteiger partial charge on any atom is 0.308 e. The molecule has 15 nitrogen and oxygen atoms in total. The molecular weight excluding hydrogens is 977 g/mol. The third-order valence-corrected chi connectivity index (χ3v) is 17.2. The Labute approximate surface area is 455 Å². The van der Waals surface area contributed by atoms with Crippen molar-refractivity contribution >= 4 is 52.8 Å². The number of nitrogens with one attached hydrogen (secondary N) is 1. The summed E-state index contributed by atoms with van der Waals surface area (Å²) < 4.78 is 34.5. The van der Waals surface area contributed by atoms with Crippen molar-refractivity contribution in [2.45, 2.75) is 226 Å². The number of hydrogen-bond donors (Lipinski definition) is 1. The van der Waals surface area contributed by atoms with Gasteiger partial charge in [0.15, 0.2) is 12.2 Å². The summed E-state index contributed by atoms with van der Waals surface area (Å²) in [5, 5.41) is 2.91. The third-order valence-electron chi connectivity index (χ3n) is 16.2. The number of nitrogens with zero attached hydrogens (tertiary/aromatic N) is 1. The maximum atomic E-state index is 13.6. The highest BCUT2D eigenvalue weighted by atomic mass is 32.2. The number of amides is 1. The highest BCUT2D eigenvalue weighted by Gasteiger charge is 2.30. The van der Waals surface area contributed by atoms with Gasteiger partial charge in [-0.25, -0.2) is 0 Å². The number of rotatable bonds is 34. The number of carbonyl (C=O) groups is 7. The van der Waals surface area contributed by atoms with Crippen molar-refractivity contribution in [1.82, 2.24) is 10.2 Å². The van der Waals surface area contributed by atoms with E-state index in [9.17, 15) is 33.6 Å². The Hall–Kier alpha value is -3.40. The molecule has 0 bridgehead atoms. The maximum absolute atomic E-state index is 13.6. The number of carbonyl (C=O) groups excluding carboxylic acids is 7. The molecule has 4 unspecified atom stereocenters. The lowest BCUT2D eigenvalue weighted by Gasteiger charge is -2.25. The van der Waals surface area contributed by atoms with E-state index in [0.717, 1.165) is 90.0 Å². The lowest BCUT2D eigenvalue weighted by atomic mass is 9.83. The van der Waals surface area contributed by atoms with Gasteiger partial charge in [-0.2, -0.15) is 0 Å². The van der Waals surface area contributed by atoms with Gasteiger partial charge in [-0.05, 0) is 82.2 Å². The molecule has 0 heterocycles. The second-order valence-electron chi connectivity index (χ2n) is 23.1. The first-order chi connectivity index (χ1) is 36.2. The van der Waals surface area contributed by atoms with Gasteiger partial charge < -0.3 is 38.6 Å². The Kier molecular flexibility index (Phi) is 32.0. The molecule has 1 N–H and O–H groups in total. The fourth-order valence-corrected chi connectivity index (χ4v) is 12.5. The van der Waals surface area contributed by atoms with Gasteiger partial charge in [0, 0.05) is 31.7 Å². The summed E-state index contributed by atoms with van der Waals surface area (Å²) in [7, 11) is 1.85. The minimum absolute atomic E-state index is 0.0531. The van der Waals surface area contributed by atoms with Crippen LogP contribution in [0.4, 0.5) is 4.79 Å². The topological polar surface area (TPSA) is 190 Å². The summed E-state index contributed by atoms with van der Waals surface area (Å²) in [4.78, 5) is 94.7. The average molecular weight is 1080 g/mol. The zero-order valence-electron chi connectivity index (χ0n) is 47.1. The van der Waals surface area contributed by atoms with E-state index < -0.39 is 24.1 Å². The van der Waals surface area contributed by atoms with Crippen molar-refractivity contribution < 1.29 is 62.0 Å². The normalized spacial score (nSPS) is 19.6. The Morgan fingerprint density at radius 1 is 0.453 bits per heavy atom. The highest BCUT2D eigenvalue weighted by molar-refractivity contribution is 8.13. The quantitative estimate of drug-likeness (QED) is 0.0363. The first kappa shape index (κ1) is 64.1. The number of ether oxygens (including phenoxy) is 6. The molecule has 0 aliphatic heterocycles. The van der Waals surface area contributed by atoms with Crippen LogP contribution in [0, 0.1) is 47.3 Å². The summed E-state index contributed by atoms with van der Waals surface area (Å²) in [6.45, 7) is 7.69. The van der Waals surface area contributed by atoms with Crippen LogP contribution in [0.25, 0.3) is 0 Å². The van der Waals surface area contributed by atoms with Crippen molar-refractivity contribution in [3.63, 3.8) is 0 Å². The van der Waals surface area contributed by atoms with Gasteiger partial charge in [0.2, 0.25) is 0 Å². The summed E-state index contributed by atoms with van der Waals surface area (Å²) >= 11 is 1.17. The van der Waals surface area contributed by atoms with Crippen molar-refractivity contribution in [3.8, 4) is 0 Å². The highest BCUT2D eigenvalue weighted by Crippen LogP contribution is 2.33. The van der Waals surface area contributed by atoms with Crippen LogP contribution < -0.4 is 5.32 Å². The van der Waals surface area contributed by atoms with Crippen molar-refractivity contribution in [1.29, 1.82) is 0 Å². The number of hydrogen-bond acceptors (Lipinski definition) is 15.